The number of rotatable bonds is 4. The summed E-state index contributed by atoms with van der Waals surface area (Å²) < 4.78 is 44.4. The van der Waals surface area contributed by atoms with Crippen molar-refractivity contribution in [2.24, 2.45) is 11.8 Å². The fourth-order valence-electron chi connectivity index (χ4n) is 4.94. The number of ether oxygens (including phenoxy) is 8. The van der Waals surface area contributed by atoms with Crippen LogP contribution in [0, 0.1) is 11.8 Å². The zero-order valence-corrected chi connectivity index (χ0v) is 19.2. The van der Waals surface area contributed by atoms with Crippen LogP contribution in [0.3, 0.4) is 0 Å². The van der Waals surface area contributed by atoms with E-state index < -0.39 is 23.8 Å². The molecule has 0 bridgehead atoms. The van der Waals surface area contributed by atoms with E-state index in [0.29, 0.717) is 56.8 Å². The van der Waals surface area contributed by atoms with E-state index >= 15 is 0 Å². The summed E-state index contributed by atoms with van der Waals surface area (Å²) in [5, 5.41) is 0. The highest BCUT2D eigenvalue weighted by molar-refractivity contribution is 5.91. The molecule has 34 heavy (non-hydrogen) atoms. The van der Waals surface area contributed by atoms with Gasteiger partial charge in [-0.05, 0) is 36.1 Å². The van der Waals surface area contributed by atoms with Gasteiger partial charge in [-0.1, -0.05) is 0 Å². The lowest BCUT2D eigenvalue weighted by molar-refractivity contribution is -0.157. The predicted molar refractivity (Wildman–Crippen MR) is 116 cm³/mol. The lowest BCUT2D eigenvalue weighted by Crippen LogP contribution is -2.36. The highest BCUT2D eigenvalue weighted by atomic mass is 16.7. The maximum absolute atomic E-state index is 12.9. The summed E-state index contributed by atoms with van der Waals surface area (Å²) >= 11 is 0. The average molecular weight is 472 g/mol. The molecule has 2 atom stereocenters. The smallest absolute Gasteiger partial charge is 0.309 e. The maximum atomic E-state index is 12.9. The first kappa shape index (κ1) is 22.0. The van der Waals surface area contributed by atoms with Crippen LogP contribution in [0.2, 0.25) is 0 Å². The van der Waals surface area contributed by atoms with Crippen molar-refractivity contribution in [1.82, 2.24) is 0 Å². The second-order valence-corrected chi connectivity index (χ2v) is 8.02. The zero-order chi connectivity index (χ0) is 24.0. The number of fused-ring (bicyclic) bond motifs is 5. The molecular weight excluding hydrogens is 448 g/mol. The third-order valence-electron chi connectivity index (χ3n) is 6.43. The van der Waals surface area contributed by atoms with E-state index in [4.69, 9.17) is 37.9 Å². The number of carbonyl (C=O) groups excluding carboxylic acids is 2. The van der Waals surface area contributed by atoms with Gasteiger partial charge in [0.2, 0.25) is 25.1 Å². The van der Waals surface area contributed by atoms with Crippen LogP contribution in [-0.2, 0) is 31.9 Å². The highest BCUT2D eigenvalue weighted by Gasteiger charge is 2.42. The van der Waals surface area contributed by atoms with E-state index in [1.807, 2.05) is 0 Å². The van der Waals surface area contributed by atoms with Crippen LogP contribution in [0.25, 0.3) is 11.1 Å². The van der Waals surface area contributed by atoms with Crippen LogP contribution >= 0.6 is 0 Å². The van der Waals surface area contributed by atoms with Crippen LogP contribution < -0.4 is 28.4 Å². The molecule has 0 amide bonds. The SMILES string of the molecule is COC(=O)[C@H]1Cc2cc3c(c(OC)c2-c2c(cc4c(c2OC)OCO4)C[C@@H]1C(=O)OC)OCO3. The molecule has 2 heterocycles. The molecule has 3 aliphatic rings. The molecule has 1 aliphatic carbocycles. The van der Waals surface area contributed by atoms with Gasteiger partial charge in [0.15, 0.2) is 23.0 Å². The second kappa shape index (κ2) is 8.51. The molecule has 0 N–H and O–H groups in total. The van der Waals surface area contributed by atoms with Crippen LogP contribution in [0.1, 0.15) is 11.1 Å². The fourth-order valence-corrected chi connectivity index (χ4v) is 4.94. The van der Waals surface area contributed by atoms with E-state index in [1.165, 1.54) is 28.4 Å². The molecule has 0 saturated heterocycles. The van der Waals surface area contributed by atoms with Crippen molar-refractivity contribution in [3.63, 3.8) is 0 Å². The Morgan fingerprint density at radius 1 is 0.706 bits per heavy atom. The maximum Gasteiger partial charge on any atom is 0.309 e. The first-order valence-corrected chi connectivity index (χ1v) is 10.7. The summed E-state index contributed by atoms with van der Waals surface area (Å²) in [6.07, 6.45) is 0.345. The van der Waals surface area contributed by atoms with Crippen molar-refractivity contribution in [2.75, 3.05) is 42.0 Å². The highest BCUT2D eigenvalue weighted by Crippen LogP contribution is 2.57. The minimum absolute atomic E-state index is 0.0327. The molecule has 2 aromatic carbocycles. The number of hydrogen-bond donors (Lipinski definition) is 0. The van der Waals surface area contributed by atoms with Crippen LogP contribution in [0.5, 0.6) is 34.5 Å². The molecule has 10 nitrogen and oxygen atoms in total. The Balaban J connectivity index is 1.85. The van der Waals surface area contributed by atoms with E-state index in [2.05, 4.69) is 0 Å². The van der Waals surface area contributed by atoms with Gasteiger partial charge in [0.05, 0.1) is 40.3 Å². The van der Waals surface area contributed by atoms with Crippen molar-refractivity contribution in [2.45, 2.75) is 12.8 Å². The molecule has 0 unspecified atom stereocenters. The van der Waals surface area contributed by atoms with Gasteiger partial charge in [0.25, 0.3) is 0 Å². The van der Waals surface area contributed by atoms with Crippen LogP contribution in [0.15, 0.2) is 12.1 Å². The van der Waals surface area contributed by atoms with Crippen molar-refractivity contribution in [3.8, 4) is 45.6 Å². The molecule has 0 saturated carbocycles. The first-order valence-electron chi connectivity index (χ1n) is 10.7. The molecule has 2 aliphatic heterocycles. The number of esters is 2. The van der Waals surface area contributed by atoms with Gasteiger partial charge in [-0.3, -0.25) is 9.59 Å². The predicted octanol–water partition coefficient (Wildman–Crippen LogP) is 2.51. The first-order chi connectivity index (χ1) is 16.5. The van der Waals surface area contributed by atoms with Gasteiger partial charge in [0, 0.05) is 11.1 Å². The fraction of sp³-hybridized carbons (Fsp3) is 0.417. The van der Waals surface area contributed by atoms with E-state index in [1.54, 1.807) is 12.1 Å². The van der Waals surface area contributed by atoms with Gasteiger partial charge >= 0.3 is 11.9 Å². The summed E-state index contributed by atoms with van der Waals surface area (Å²) in [7, 11) is 5.66. The van der Waals surface area contributed by atoms with Crippen molar-refractivity contribution < 1.29 is 47.5 Å². The summed E-state index contributed by atoms with van der Waals surface area (Å²) in [5.41, 5.74) is 2.72. The molecule has 5 rings (SSSR count). The molecule has 0 fully saturated rings. The Kier molecular flexibility index (Phi) is 5.51. The molecular formula is C24H24O10. The Morgan fingerprint density at radius 3 is 1.47 bits per heavy atom. The van der Waals surface area contributed by atoms with Gasteiger partial charge in [-0.15, -0.1) is 0 Å². The van der Waals surface area contributed by atoms with Gasteiger partial charge < -0.3 is 37.9 Å². The molecule has 0 spiro atoms. The zero-order valence-electron chi connectivity index (χ0n) is 19.2. The Labute approximate surface area is 195 Å². The summed E-state index contributed by atoms with van der Waals surface area (Å²) in [6.45, 7) is 0.0653. The molecule has 2 aromatic rings. The molecule has 0 radical (unpaired) electrons. The lowest BCUT2D eigenvalue weighted by atomic mass is 9.76. The van der Waals surface area contributed by atoms with Crippen LogP contribution in [0.4, 0.5) is 0 Å². The molecule has 180 valence electrons. The largest absolute Gasteiger partial charge is 0.492 e. The number of carbonyl (C=O) groups is 2. The summed E-state index contributed by atoms with van der Waals surface area (Å²) in [4.78, 5) is 25.8. The van der Waals surface area contributed by atoms with Crippen LogP contribution in [-0.4, -0.2) is 54.0 Å². The van der Waals surface area contributed by atoms with Gasteiger partial charge in [-0.2, -0.15) is 0 Å². The average Bonchev–Trinajstić information content (AvgIpc) is 3.51. The number of benzene rings is 2. The minimum atomic E-state index is -0.814. The van der Waals surface area contributed by atoms with E-state index in [-0.39, 0.29) is 26.4 Å². The second-order valence-electron chi connectivity index (χ2n) is 8.02. The van der Waals surface area contributed by atoms with Crippen molar-refractivity contribution in [3.05, 3.63) is 23.3 Å². The van der Waals surface area contributed by atoms with E-state index in [9.17, 15) is 9.59 Å². The molecule has 0 aromatic heterocycles. The Morgan fingerprint density at radius 2 is 1.12 bits per heavy atom. The monoisotopic (exact) mass is 472 g/mol. The molecule has 10 heteroatoms. The van der Waals surface area contributed by atoms with Crippen molar-refractivity contribution >= 4 is 11.9 Å². The van der Waals surface area contributed by atoms with Crippen molar-refractivity contribution in [1.29, 1.82) is 0 Å². The lowest BCUT2D eigenvalue weighted by Gasteiger charge is -2.30. The standard InChI is InChI=1S/C24H24O10/c1-27-21-17-11(7-15-19(21)33-9-31-15)5-13(23(25)29-3)14(24(26)30-4)6-12-8-16-20(34-10-32-16)22(28-2)18(12)17/h7-8,13-14H,5-6,9-10H2,1-4H3/t13-,14-/m0/s1. The third kappa shape index (κ3) is 3.24. The van der Waals surface area contributed by atoms with Gasteiger partial charge in [0.1, 0.15) is 0 Å². The number of hydrogen-bond acceptors (Lipinski definition) is 10. The third-order valence-corrected chi connectivity index (χ3v) is 6.43. The Hall–Kier alpha value is -3.82. The quantitative estimate of drug-likeness (QED) is 0.616. The summed E-state index contributed by atoms with van der Waals surface area (Å²) in [5.74, 6) is 0.0664. The number of methoxy groups -OCH3 is 4. The topological polar surface area (TPSA) is 108 Å². The summed E-state index contributed by atoms with van der Waals surface area (Å²) in [6, 6.07) is 3.59. The minimum Gasteiger partial charge on any atom is -0.492 e. The van der Waals surface area contributed by atoms with Gasteiger partial charge in [-0.25, -0.2) is 0 Å². The normalized spacial score (nSPS) is 19.3. The van der Waals surface area contributed by atoms with E-state index in [0.717, 1.165) is 0 Å². The Bertz CT molecular complexity index is 1080.